The van der Waals surface area contributed by atoms with Gasteiger partial charge in [0.25, 0.3) is 0 Å². The number of amides is 1. The van der Waals surface area contributed by atoms with Crippen molar-refractivity contribution in [3.63, 3.8) is 0 Å². The predicted octanol–water partition coefficient (Wildman–Crippen LogP) is 3.96. The maximum Gasteiger partial charge on any atom is 0.235 e. The van der Waals surface area contributed by atoms with Crippen LogP contribution in [0, 0.1) is 29.1 Å². The largest absolute Gasteiger partial charge is 0.389 e. The molecule has 3 aliphatic rings. The molecule has 1 fully saturated rings. The predicted molar refractivity (Wildman–Crippen MR) is 111 cm³/mol. The highest BCUT2D eigenvalue weighted by atomic mass is 16.3. The molecule has 0 aromatic heterocycles. The second-order valence-electron chi connectivity index (χ2n) is 9.53. The van der Waals surface area contributed by atoms with E-state index in [9.17, 15) is 14.7 Å². The topological polar surface area (TPSA) is 66.4 Å². The number of hydrogen-bond donors (Lipinski definition) is 2. The second kappa shape index (κ2) is 7.98. The lowest BCUT2D eigenvalue weighted by Gasteiger charge is -2.44. The van der Waals surface area contributed by atoms with E-state index in [4.69, 9.17) is 0 Å². The maximum absolute atomic E-state index is 13.6. The minimum Gasteiger partial charge on any atom is -0.389 e. The van der Waals surface area contributed by atoms with E-state index in [-0.39, 0.29) is 35.5 Å². The van der Waals surface area contributed by atoms with Crippen LogP contribution in [0.5, 0.6) is 0 Å². The van der Waals surface area contributed by atoms with Crippen LogP contribution >= 0.6 is 0 Å². The summed E-state index contributed by atoms with van der Waals surface area (Å²) in [7, 11) is 0. The molecule has 1 spiro atoms. The molecule has 28 heavy (non-hydrogen) atoms. The number of allylic oxidation sites excluding steroid dienone is 5. The van der Waals surface area contributed by atoms with E-state index in [0.717, 1.165) is 19.3 Å². The van der Waals surface area contributed by atoms with Crippen LogP contribution in [0.2, 0.25) is 0 Å². The van der Waals surface area contributed by atoms with Gasteiger partial charge in [-0.15, -0.1) is 0 Å². The van der Waals surface area contributed by atoms with Crippen molar-refractivity contribution in [3.8, 4) is 0 Å². The zero-order valence-electron chi connectivity index (χ0n) is 17.9. The van der Waals surface area contributed by atoms with Crippen LogP contribution in [0.3, 0.4) is 0 Å². The summed E-state index contributed by atoms with van der Waals surface area (Å²) in [5, 5.41) is 13.4. The second-order valence-corrected chi connectivity index (χ2v) is 9.53. The van der Waals surface area contributed by atoms with Gasteiger partial charge in [0.2, 0.25) is 5.91 Å². The normalized spacial score (nSPS) is 41.9. The minimum absolute atomic E-state index is 0.00485. The Morgan fingerprint density at radius 1 is 1.25 bits per heavy atom. The van der Waals surface area contributed by atoms with E-state index >= 15 is 0 Å². The molecular formula is C24H35NO3. The summed E-state index contributed by atoms with van der Waals surface area (Å²) in [5.74, 6) is -0.0253. The fraction of sp³-hybridized carbons (Fsp3) is 0.667. The highest BCUT2D eigenvalue weighted by molar-refractivity contribution is 6.13. The highest BCUT2D eigenvalue weighted by Gasteiger charge is 2.64. The lowest BCUT2D eigenvalue weighted by atomic mass is 9.55. The van der Waals surface area contributed by atoms with Gasteiger partial charge in [0.15, 0.2) is 5.78 Å². The standard InChI is InChI=1S/C24H35NO3/c1-14(2)11-20-22-17(5)16(4)13-18-12-15(3)7-6-8-19(26)9-10-21(27)24(18,22)23(28)25-20/h9-10,12-14,17-20,22,26H,6-8,11H2,1-5H3,(H,25,28)/b10-9+,15-12+/t17-,18+,19+,20+,22+,24-/m1/s1. The molecule has 2 aliphatic carbocycles. The smallest absolute Gasteiger partial charge is 0.235 e. The minimum atomic E-state index is -1.11. The summed E-state index contributed by atoms with van der Waals surface area (Å²) in [6.07, 6.45) is 9.95. The van der Waals surface area contributed by atoms with Crippen LogP contribution in [-0.4, -0.2) is 28.9 Å². The Labute approximate surface area is 169 Å². The van der Waals surface area contributed by atoms with Crippen LogP contribution in [0.25, 0.3) is 0 Å². The van der Waals surface area contributed by atoms with Gasteiger partial charge < -0.3 is 10.4 Å². The lowest BCUT2D eigenvalue weighted by molar-refractivity contribution is -0.142. The van der Waals surface area contributed by atoms with E-state index in [2.05, 4.69) is 52.1 Å². The average Bonchev–Trinajstić information content (AvgIpc) is 2.88. The van der Waals surface area contributed by atoms with E-state index in [1.165, 1.54) is 17.2 Å². The van der Waals surface area contributed by atoms with Gasteiger partial charge in [0.1, 0.15) is 5.41 Å². The van der Waals surface area contributed by atoms with Crippen molar-refractivity contribution < 1.29 is 14.7 Å². The third-order valence-corrected chi connectivity index (χ3v) is 7.01. The summed E-state index contributed by atoms with van der Waals surface area (Å²) >= 11 is 0. The first-order valence-corrected chi connectivity index (χ1v) is 10.7. The van der Waals surface area contributed by atoms with Crippen LogP contribution in [0.4, 0.5) is 0 Å². The van der Waals surface area contributed by atoms with Crippen molar-refractivity contribution in [3.05, 3.63) is 35.5 Å². The number of rotatable bonds is 2. The molecule has 3 rings (SSSR count). The molecule has 0 unspecified atom stereocenters. The van der Waals surface area contributed by atoms with Gasteiger partial charge in [-0.2, -0.15) is 0 Å². The molecule has 4 heteroatoms. The molecule has 0 radical (unpaired) electrons. The van der Waals surface area contributed by atoms with Crippen LogP contribution in [0.15, 0.2) is 35.5 Å². The number of hydrogen-bond acceptors (Lipinski definition) is 3. The fourth-order valence-corrected chi connectivity index (χ4v) is 5.56. The van der Waals surface area contributed by atoms with Gasteiger partial charge in [-0.1, -0.05) is 50.1 Å². The van der Waals surface area contributed by atoms with E-state index in [1.54, 1.807) is 6.08 Å². The third-order valence-electron chi connectivity index (χ3n) is 7.01. The van der Waals surface area contributed by atoms with Crippen LogP contribution < -0.4 is 5.32 Å². The third kappa shape index (κ3) is 3.52. The van der Waals surface area contributed by atoms with E-state index in [0.29, 0.717) is 12.3 Å². The quantitative estimate of drug-likeness (QED) is 0.558. The number of aliphatic hydroxyl groups is 1. The summed E-state index contributed by atoms with van der Waals surface area (Å²) in [5.41, 5.74) is 1.33. The molecule has 154 valence electrons. The molecule has 0 aromatic carbocycles. The molecule has 1 amide bonds. The van der Waals surface area contributed by atoms with Gasteiger partial charge in [-0.25, -0.2) is 0 Å². The molecular weight excluding hydrogens is 350 g/mol. The molecule has 1 aliphatic heterocycles. The monoisotopic (exact) mass is 385 g/mol. The number of nitrogens with one attached hydrogen (secondary N) is 1. The first-order valence-electron chi connectivity index (χ1n) is 10.7. The average molecular weight is 386 g/mol. The van der Waals surface area contributed by atoms with Gasteiger partial charge >= 0.3 is 0 Å². The number of carbonyl (C=O) groups excluding carboxylic acids is 2. The fourth-order valence-electron chi connectivity index (χ4n) is 5.56. The summed E-state index contributed by atoms with van der Waals surface area (Å²) in [4.78, 5) is 27.1. The van der Waals surface area contributed by atoms with E-state index in [1.807, 2.05) is 0 Å². The summed E-state index contributed by atoms with van der Waals surface area (Å²) in [6.45, 7) is 10.7. The van der Waals surface area contributed by atoms with Crippen molar-refractivity contribution in [2.45, 2.75) is 72.4 Å². The van der Waals surface area contributed by atoms with Gasteiger partial charge in [0.05, 0.1) is 6.10 Å². The number of carbonyl (C=O) groups is 2. The van der Waals surface area contributed by atoms with Gasteiger partial charge in [-0.3, -0.25) is 9.59 Å². The SMILES string of the molecule is CC1=C[C@@H]2/C=C(\C)CCC[C@H](O)/C=C/C(=O)[C@]23C(=O)N[C@@H](CC(C)C)[C@@H]3[C@@H]1C. The van der Waals surface area contributed by atoms with Gasteiger partial charge in [0, 0.05) is 17.9 Å². The zero-order valence-corrected chi connectivity index (χ0v) is 17.9. The van der Waals surface area contributed by atoms with Crippen molar-refractivity contribution in [2.75, 3.05) is 0 Å². The molecule has 1 heterocycles. The van der Waals surface area contributed by atoms with Crippen LogP contribution in [-0.2, 0) is 9.59 Å². The molecule has 6 atom stereocenters. The molecule has 0 aromatic rings. The summed E-state index contributed by atoms with van der Waals surface area (Å²) in [6, 6.07) is -0.00485. The summed E-state index contributed by atoms with van der Waals surface area (Å²) < 4.78 is 0. The Balaban J connectivity index is 2.20. The van der Waals surface area contributed by atoms with Gasteiger partial charge in [-0.05, 0) is 57.4 Å². The highest BCUT2D eigenvalue weighted by Crippen LogP contribution is 2.55. The lowest BCUT2D eigenvalue weighted by Crippen LogP contribution is -2.51. The maximum atomic E-state index is 13.6. The molecule has 1 saturated heterocycles. The molecule has 4 nitrogen and oxygen atoms in total. The number of ketones is 1. The van der Waals surface area contributed by atoms with E-state index < -0.39 is 11.5 Å². The molecule has 2 N–H and O–H groups in total. The van der Waals surface area contributed by atoms with Crippen molar-refractivity contribution in [1.82, 2.24) is 5.32 Å². The van der Waals surface area contributed by atoms with Crippen LogP contribution in [0.1, 0.15) is 60.3 Å². The first-order chi connectivity index (χ1) is 13.2. The van der Waals surface area contributed by atoms with Crippen molar-refractivity contribution in [1.29, 1.82) is 0 Å². The Kier molecular flexibility index (Phi) is 6.00. The number of aliphatic hydroxyl groups excluding tert-OH is 1. The Morgan fingerprint density at radius 2 is 1.96 bits per heavy atom. The first kappa shape index (κ1) is 21.0. The Bertz CT molecular complexity index is 732. The van der Waals surface area contributed by atoms with Crippen molar-refractivity contribution in [2.24, 2.45) is 29.1 Å². The molecule has 0 saturated carbocycles. The van der Waals surface area contributed by atoms with Crippen molar-refractivity contribution >= 4 is 11.7 Å². The Hall–Kier alpha value is -1.68. The molecule has 0 bridgehead atoms. The Morgan fingerprint density at radius 3 is 2.64 bits per heavy atom. The zero-order chi connectivity index (χ0) is 20.6.